The highest BCUT2D eigenvalue weighted by Crippen LogP contribution is 2.29. The molecule has 4 rings (SSSR count). The third kappa shape index (κ3) is 5.38. The molecular formula is C24H24F3N5O2. The van der Waals surface area contributed by atoms with Crippen molar-refractivity contribution in [3.05, 3.63) is 77.5 Å². The molecule has 0 atom stereocenters. The van der Waals surface area contributed by atoms with Crippen molar-refractivity contribution in [2.45, 2.75) is 12.7 Å². The summed E-state index contributed by atoms with van der Waals surface area (Å²) >= 11 is 0. The largest absolute Gasteiger partial charge is 0.480 e. The molecule has 2 heterocycles. The highest BCUT2D eigenvalue weighted by molar-refractivity contribution is 5.96. The first kappa shape index (κ1) is 23.3. The molecule has 178 valence electrons. The molecular weight excluding hydrogens is 447 g/mol. The number of piperazine rings is 1. The number of para-hydroxylation sites is 1. The third-order valence-corrected chi connectivity index (χ3v) is 5.57. The van der Waals surface area contributed by atoms with Crippen molar-refractivity contribution < 1.29 is 22.7 Å². The van der Waals surface area contributed by atoms with Gasteiger partial charge in [0.05, 0.1) is 12.7 Å². The average molecular weight is 471 g/mol. The second kappa shape index (κ2) is 9.98. The van der Waals surface area contributed by atoms with Crippen LogP contribution in [0.4, 0.5) is 24.8 Å². The molecule has 3 aromatic rings. The van der Waals surface area contributed by atoms with Crippen LogP contribution in [0.25, 0.3) is 0 Å². The first-order valence-electron chi connectivity index (χ1n) is 10.8. The van der Waals surface area contributed by atoms with E-state index in [2.05, 4.69) is 32.3 Å². The lowest BCUT2D eigenvalue weighted by molar-refractivity contribution is -0.137. The van der Waals surface area contributed by atoms with Crippen molar-refractivity contribution in [1.82, 2.24) is 15.3 Å². The maximum atomic E-state index is 12.9. The van der Waals surface area contributed by atoms with E-state index in [1.165, 1.54) is 25.4 Å². The zero-order chi connectivity index (χ0) is 24.1. The molecule has 1 saturated heterocycles. The van der Waals surface area contributed by atoms with Crippen LogP contribution >= 0.6 is 0 Å². The minimum absolute atomic E-state index is 0.0743. The Balaban J connectivity index is 1.40. The van der Waals surface area contributed by atoms with E-state index in [1.807, 2.05) is 23.1 Å². The molecule has 0 saturated carbocycles. The molecule has 1 fully saturated rings. The quantitative estimate of drug-likeness (QED) is 0.591. The summed E-state index contributed by atoms with van der Waals surface area (Å²) in [6, 6.07) is 15.0. The molecule has 34 heavy (non-hydrogen) atoms. The lowest BCUT2D eigenvalue weighted by Crippen LogP contribution is -2.47. The SMILES string of the molecule is COc1nc(N2CCN(c3ccccc3)CC2)ncc1C(=O)NCc1cccc(C(F)(F)F)c1. The van der Waals surface area contributed by atoms with Crippen LogP contribution in [0.1, 0.15) is 21.5 Å². The highest BCUT2D eigenvalue weighted by Gasteiger charge is 2.30. The summed E-state index contributed by atoms with van der Waals surface area (Å²) in [7, 11) is 1.41. The van der Waals surface area contributed by atoms with Crippen LogP contribution in [-0.4, -0.2) is 49.2 Å². The molecule has 0 unspecified atom stereocenters. The van der Waals surface area contributed by atoms with E-state index >= 15 is 0 Å². The molecule has 10 heteroatoms. The second-order valence-corrected chi connectivity index (χ2v) is 7.78. The van der Waals surface area contributed by atoms with E-state index in [0.29, 0.717) is 24.6 Å². The summed E-state index contributed by atoms with van der Waals surface area (Å²) in [5, 5.41) is 2.61. The fraction of sp³-hybridized carbons (Fsp3) is 0.292. The van der Waals surface area contributed by atoms with Crippen molar-refractivity contribution in [3.63, 3.8) is 0 Å². The topological polar surface area (TPSA) is 70.6 Å². The van der Waals surface area contributed by atoms with Gasteiger partial charge in [0, 0.05) is 44.6 Å². The van der Waals surface area contributed by atoms with E-state index in [9.17, 15) is 18.0 Å². The molecule has 1 aliphatic rings. The normalized spacial score (nSPS) is 14.1. The van der Waals surface area contributed by atoms with Gasteiger partial charge < -0.3 is 19.9 Å². The van der Waals surface area contributed by atoms with E-state index in [1.54, 1.807) is 0 Å². The molecule has 0 spiro atoms. The molecule has 7 nitrogen and oxygen atoms in total. The van der Waals surface area contributed by atoms with Gasteiger partial charge >= 0.3 is 6.18 Å². The number of carbonyl (C=O) groups is 1. The maximum Gasteiger partial charge on any atom is 0.416 e. The number of amides is 1. The van der Waals surface area contributed by atoms with Gasteiger partial charge in [0.1, 0.15) is 5.56 Å². The van der Waals surface area contributed by atoms with Gasteiger partial charge in [0.2, 0.25) is 11.8 Å². The number of benzene rings is 2. The van der Waals surface area contributed by atoms with E-state index < -0.39 is 17.6 Å². The number of ether oxygens (including phenoxy) is 1. The number of carbonyl (C=O) groups excluding carboxylic acids is 1. The number of hydrogen-bond acceptors (Lipinski definition) is 6. The first-order chi connectivity index (χ1) is 16.3. The predicted octanol–water partition coefficient (Wildman–Crippen LogP) is 3.76. The number of alkyl halides is 3. The molecule has 1 aliphatic heterocycles. The number of aromatic nitrogens is 2. The van der Waals surface area contributed by atoms with Gasteiger partial charge in [-0.3, -0.25) is 4.79 Å². The van der Waals surface area contributed by atoms with Crippen LogP contribution in [0.5, 0.6) is 5.88 Å². The number of halogens is 3. The number of nitrogens with zero attached hydrogens (tertiary/aromatic N) is 4. The van der Waals surface area contributed by atoms with Crippen LogP contribution in [0, 0.1) is 0 Å². The Bertz CT molecular complexity index is 1130. The van der Waals surface area contributed by atoms with Crippen LogP contribution in [-0.2, 0) is 12.7 Å². The first-order valence-corrected chi connectivity index (χ1v) is 10.8. The van der Waals surface area contributed by atoms with Gasteiger partial charge in [-0.2, -0.15) is 18.2 Å². The van der Waals surface area contributed by atoms with Crippen molar-refractivity contribution in [1.29, 1.82) is 0 Å². The highest BCUT2D eigenvalue weighted by atomic mass is 19.4. The van der Waals surface area contributed by atoms with E-state index in [0.717, 1.165) is 30.9 Å². The van der Waals surface area contributed by atoms with Gasteiger partial charge in [-0.05, 0) is 29.8 Å². The number of rotatable bonds is 6. The Morgan fingerprint density at radius 3 is 2.41 bits per heavy atom. The smallest absolute Gasteiger partial charge is 0.416 e. The summed E-state index contributed by atoms with van der Waals surface area (Å²) < 4.78 is 44.0. The Hall–Kier alpha value is -3.82. The maximum absolute atomic E-state index is 12.9. The van der Waals surface area contributed by atoms with Crippen molar-refractivity contribution >= 4 is 17.5 Å². The molecule has 0 aliphatic carbocycles. The molecule has 1 N–H and O–H groups in total. The van der Waals surface area contributed by atoms with Gasteiger partial charge in [-0.25, -0.2) is 4.98 Å². The minimum Gasteiger partial charge on any atom is -0.480 e. The third-order valence-electron chi connectivity index (χ3n) is 5.57. The Kier molecular flexibility index (Phi) is 6.85. The predicted molar refractivity (Wildman–Crippen MR) is 122 cm³/mol. The summed E-state index contributed by atoms with van der Waals surface area (Å²) in [6.45, 7) is 2.94. The summed E-state index contributed by atoms with van der Waals surface area (Å²) in [6.07, 6.45) is -3.06. The second-order valence-electron chi connectivity index (χ2n) is 7.78. The standard InChI is InChI=1S/C24H24F3N5O2/c1-34-22-20(21(33)28-15-17-6-5-7-18(14-17)24(25,26)27)16-29-23(30-22)32-12-10-31(11-13-32)19-8-3-2-4-9-19/h2-9,14,16H,10-13,15H2,1H3,(H,28,33). The number of anilines is 2. The van der Waals surface area contributed by atoms with Crippen LogP contribution in [0.15, 0.2) is 60.8 Å². The van der Waals surface area contributed by atoms with Crippen molar-refractivity contribution in [2.75, 3.05) is 43.1 Å². The van der Waals surface area contributed by atoms with Gasteiger partial charge in [0.25, 0.3) is 5.91 Å². The fourth-order valence-corrected chi connectivity index (χ4v) is 3.76. The molecule has 1 aromatic heterocycles. The van der Waals surface area contributed by atoms with Gasteiger partial charge in [-0.1, -0.05) is 30.3 Å². The monoisotopic (exact) mass is 471 g/mol. The minimum atomic E-state index is -4.44. The van der Waals surface area contributed by atoms with Crippen LogP contribution in [0.3, 0.4) is 0 Å². The summed E-state index contributed by atoms with van der Waals surface area (Å²) in [4.78, 5) is 25.7. The number of hydrogen-bond donors (Lipinski definition) is 1. The van der Waals surface area contributed by atoms with E-state index in [4.69, 9.17) is 4.74 Å². The molecule has 2 aromatic carbocycles. The Morgan fingerprint density at radius 1 is 1.03 bits per heavy atom. The van der Waals surface area contributed by atoms with Gasteiger partial charge in [0.15, 0.2) is 0 Å². The lowest BCUT2D eigenvalue weighted by atomic mass is 10.1. The van der Waals surface area contributed by atoms with Gasteiger partial charge in [-0.15, -0.1) is 0 Å². The Morgan fingerprint density at radius 2 is 1.74 bits per heavy atom. The summed E-state index contributed by atoms with van der Waals surface area (Å²) in [5.74, 6) is 0.0331. The Labute approximate surface area is 195 Å². The molecule has 0 radical (unpaired) electrons. The van der Waals surface area contributed by atoms with E-state index in [-0.39, 0.29) is 18.0 Å². The average Bonchev–Trinajstić information content (AvgIpc) is 2.87. The number of nitrogens with one attached hydrogen (secondary N) is 1. The summed E-state index contributed by atoms with van der Waals surface area (Å²) in [5.41, 5.74) is 0.836. The van der Waals surface area contributed by atoms with Crippen LogP contribution in [0.2, 0.25) is 0 Å². The zero-order valence-electron chi connectivity index (χ0n) is 18.5. The fourth-order valence-electron chi connectivity index (χ4n) is 3.76. The number of methoxy groups -OCH3 is 1. The zero-order valence-corrected chi connectivity index (χ0v) is 18.5. The molecule has 0 bridgehead atoms. The molecule has 1 amide bonds. The van der Waals surface area contributed by atoms with Crippen molar-refractivity contribution in [2.24, 2.45) is 0 Å². The van der Waals surface area contributed by atoms with Crippen LogP contribution < -0.4 is 19.9 Å². The lowest BCUT2D eigenvalue weighted by Gasteiger charge is -2.36. The van der Waals surface area contributed by atoms with Crippen molar-refractivity contribution in [3.8, 4) is 5.88 Å².